The molecule has 21 heavy (non-hydrogen) atoms. The third-order valence-corrected chi connectivity index (χ3v) is 3.33. The fourth-order valence-electron chi connectivity index (χ4n) is 2.19. The maximum atomic E-state index is 5.42. The molecule has 0 N–H and O–H groups in total. The van der Waals surface area contributed by atoms with Crippen molar-refractivity contribution in [3.05, 3.63) is 64.2 Å². The molecule has 1 aliphatic rings. The first-order valence-electron chi connectivity index (χ1n) is 6.68. The van der Waals surface area contributed by atoms with E-state index in [4.69, 9.17) is 9.57 Å². The topological polar surface area (TPSA) is 57.8 Å². The molecule has 5 nitrogen and oxygen atoms in total. The Balaban J connectivity index is 1.80. The molecule has 3 rings (SSSR count). The number of benzene rings is 1. The van der Waals surface area contributed by atoms with Gasteiger partial charge in [-0.2, -0.15) is 0 Å². The highest BCUT2D eigenvalue weighted by Gasteiger charge is 2.15. The summed E-state index contributed by atoms with van der Waals surface area (Å²) in [5.74, 6) is 1.38. The number of aryl methyl sites for hydroxylation is 2. The van der Waals surface area contributed by atoms with Crippen LogP contribution in [-0.4, -0.2) is 17.9 Å². The molecule has 1 atom stereocenters. The molecule has 2 aromatic rings. The number of rotatable bonds is 3. The van der Waals surface area contributed by atoms with Gasteiger partial charge in [-0.1, -0.05) is 12.1 Å². The first-order valence-corrected chi connectivity index (χ1v) is 6.68. The summed E-state index contributed by atoms with van der Waals surface area (Å²) >= 11 is 0. The summed E-state index contributed by atoms with van der Waals surface area (Å²) in [5.41, 5.74) is 3.91. The number of aromatic nitrogens is 1. The van der Waals surface area contributed by atoms with Crippen LogP contribution in [0.4, 0.5) is 0 Å². The Kier molecular flexibility index (Phi) is 3.48. The number of hydrogen-bond donors (Lipinski definition) is 0. The predicted octanol–water partition coefficient (Wildman–Crippen LogP) is 3.47. The number of ether oxygens (including phenoxy) is 1. The first-order chi connectivity index (χ1) is 10.2. The van der Waals surface area contributed by atoms with Gasteiger partial charge in [0.1, 0.15) is 12.0 Å². The molecule has 0 radical (unpaired) electrons. The lowest BCUT2D eigenvalue weighted by Crippen LogP contribution is -2.01. The number of hydrogen-bond acceptors (Lipinski definition) is 4. The Bertz CT molecular complexity index is 698. The van der Waals surface area contributed by atoms with E-state index >= 15 is 0 Å². The third kappa shape index (κ3) is 2.67. The summed E-state index contributed by atoms with van der Waals surface area (Å²) in [5, 5.41) is 8.56. The average molecular weight is 282 g/mol. The smallest absolute Gasteiger partial charge is 0.136 e. The number of nitrogens with zero attached hydrogens (tertiary/aromatic N) is 3. The zero-order valence-corrected chi connectivity index (χ0v) is 12.2. The van der Waals surface area contributed by atoms with Crippen molar-refractivity contribution in [3.8, 4) is 5.75 Å². The standard InChI is InChI=1S/C16H16N3O2/c1-10-6-13(9-17-8-10)15-18-16(21-19-15)12-5-4-11(2)14(7-12)20-3/h4-9,16H,1-3H3/q-1. The predicted molar refractivity (Wildman–Crippen MR) is 80.4 cm³/mol. The molecule has 5 heteroatoms. The molecule has 1 aromatic heterocycles. The Hall–Kier alpha value is -2.56. The lowest BCUT2D eigenvalue weighted by Gasteiger charge is -2.19. The molecule has 1 aromatic carbocycles. The zero-order chi connectivity index (χ0) is 14.8. The second-order valence-corrected chi connectivity index (χ2v) is 4.98. The number of amidine groups is 1. The Labute approximate surface area is 123 Å². The molecular weight excluding hydrogens is 266 g/mol. The molecule has 0 bridgehead atoms. The van der Waals surface area contributed by atoms with Crippen LogP contribution in [0, 0.1) is 13.8 Å². The summed E-state index contributed by atoms with van der Waals surface area (Å²) < 4.78 is 5.33. The Morgan fingerprint density at radius 1 is 1.19 bits per heavy atom. The van der Waals surface area contributed by atoms with Gasteiger partial charge in [-0.25, -0.2) is 0 Å². The molecule has 108 valence electrons. The maximum Gasteiger partial charge on any atom is 0.136 e. The summed E-state index contributed by atoms with van der Waals surface area (Å²) in [6.45, 7) is 3.98. The second kappa shape index (κ2) is 5.44. The molecule has 0 aliphatic carbocycles. The molecule has 0 saturated carbocycles. The Morgan fingerprint density at radius 3 is 2.81 bits per heavy atom. The van der Waals surface area contributed by atoms with Gasteiger partial charge in [0, 0.05) is 12.4 Å². The highest BCUT2D eigenvalue weighted by atomic mass is 16.7. The van der Waals surface area contributed by atoms with E-state index < -0.39 is 6.23 Å². The van der Waals surface area contributed by atoms with Crippen LogP contribution in [0.1, 0.15) is 28.5 Å². The van der Waals surface area contributed by atoms with Crippen LogP contribution >= 0.6 is 0 Å². The quantitative estimate of drug-likeness (QED) is 0.866. The van der Waals surface area contributed by atoms with E-state index in [2.05, 4.69) is 15.5 Å². The SMILES string of the molecule is COc1cc(C2[N-]C(c3cncc(C)c3)=NO2)ccc1C. The van der Waals surface area contributed by atoms with Gasteiger partial charge in [-0.05, 0) is 54.1 Å². The van der Waals surface area contributed by atoms with E-state index in [-0.39, 0.29) is 0 Å². The minimum absolute atomic E-state index is 0.435. The normalized spacial score (nSPS) is 16.9. The summed E-state index contributed by atoms with van der Waals surface area (Å²) in [6, 6.07) is 7.87. The molecule has 1 aliphatic heterocycles. The number of pyridine rings is 1. The van der Waals surface area contributed by atoms with Crippen LogP contribution in [0.3, 0.4) is 0 Å². The van der Waals surface area contributed by atoms with Gasteiger partial charge in [0.05, 0.1) is 7.11 Å². The van der Waals surface area contributed by atoms with Crippen molar-refractivity contribution in [1.29, 1.82) is 0 Å². The highest BCUT2D eigenvalue weighted by molar-refractivity contribution is 6.08. The van der Waals surface area contributed by atoms with Crippen molar-refractivity contribution in [2.45, 2.75) is 20.1 Å². The van der Waals surface area contributed by atoms with Gasteiger partial charge < -0.3 is 14.9 Å². The van der Waals surface area contributed by atoms with Crippen molar-refractivity contribution in [1.82, 2.24) is 4.98 Å². The van der Waals surface area contributed by atoms with E-state index in [1.165, 1.54) is 0 Å². The lowest BCUT2D eigenvalue weighted by atomic mass is 10.1. The van der Waals surface area contributed by atoms with E-state index in [1.807, 2.05) is 38.1 Å². The van der Waals surface area contributed by atoms with Crippen molar-refractivity contribution in [3.63, 3.8) is 0 Å². The van der Waals surface area contributed by atoms with Crippen molar-refractivity contribution in [2.75, 3.05) is 7.11 Å². The fraction of sp³-hybridized carbons (Fsp3) is 0.250. The highest BCUT2D eigenvalue weighted by Crippen LogP contribution is 2.34. The molecule has 0 saturated heterocycles. The molecule has 1 unspecified atom stereocenters. The molecular formula is C16H16N3O2-. The third-order valence-electron chi connectivity index (χ3n) is 3.33. The second-order valence-electron chi connectivity index (χ2n) is 4.98. The summed E-state index contributed by atoms with van der Waals surface area (Å²) in [7, 11) is 1.65. The van der Waals surface area contributed by atoms with E-state index in [0.717, 1.165) is 28.0 Å². The zero-order valence-electron chi connectivity index (χ0n) is 12.2. The average Bonchev–Trinajstić information content (AvgIpc) is 2.97. The van der Waals surface area contributed by atoms with Gasteiger partial charge in [-0.15, -0.1) is 0 Å². The minimum Gasteiger partial charge on any atom is -0.496 e. The van der Waals surface area contributed by atoms with Crippen molar-refractivity contribution in [2.24, 2.45) is 5.16 Å². The molecule has 0 fully saturated rings. The fourth-order valence-corrected chi connectivity index (χ4v) is 2.19. The van der Waals surface area contributed by atoms with E-state index in [1.54, 1.807) is 19.5 Å². The first kappa shape index (κ1) is 13.4. The van der Waals surface area contributed by atoms with Gasteiger partial charge in [0.25, 0.3) is 0 Å². The minimum atomic E-state index is -0.435. The molecule has 0 amide bonds. The van der Waals surface area contributed by atoms with Gasteiger partial charge in [-0.3, -0.25) is 10.1 Å². The molecule has 2 heterocycles. The largest absolute Gasteiger partial charge is 0.496 e. The van der Waals surface area contributed by atoms with Crippen LogP contribution in [-0.2, 0) is 4.84 Å². The van der Waals surface area contributed by atoms with Crippen molar-refractivity contribution >= 4 is 5.84 Å². The van der Waals surface area contributed by atoms with Crippen LogP contribution < -0.4 is 4.74 Å². The Morgan fingerprint density at radius 2 is 2.05 bits per heavy atom. The summed E-state index contributed by atoms with van der Waals surface area (Å²) in [6.07, 6.45) is 3.09. The maximum absolute atomic E-state index is 5.42. The monoisotopic (exact) mass is 282 g/mol. The number of methoxy groups -OCH3 is 1. The van der Waals surface area contributed by atoms with E-state index in [0.29, 0.717) is 5.84 Å². The van der Waals surface area contributed by atoms with Crippen LogP contribution in [0.25, 0.3) is 5.32 Å². The van der Waals surface area contributed by atoms with Crippen LogP contribution in [0.15, 0.2) is 41.8 Å². The van der Waals surface area contributed by atoms with Gasteiger partial charge in [0.2, 0.25) is 0 Å². The molecule has 0 spiro atoms. The van der Waals surface area contributed by atoms with Crippen LogP contribution in [0.2, 0.25) is 0 Å². The lowest BCUT2D eigenvalue weighted by molar-refractivity contribution is 0.105. The van der Waals surface area contributed by atoms with Crippen LogP contribution in [0.5, 0.6) is 5.75 Å². The van der Waals surface area contributed by atoms with Gasteiger partial charge >= 0.3 is 0 Å². The van der Waals surface area contributed by atoms with E-state index in [9.17, 15) is 0 Å². The number of oxime groups is 1. The van der Waals surface area contributed by atoms with Gasteiger partial charge in [0.15, 0.2) is 0 Å². The summed E-state index contributed by atoms with van der Waals surface area (Å²) in [4.78, 5) is 9.57. The van der Waals surface area contributed by atoms with Crippen molar-refractivity contribution < 1.29 is 9.57 Å².